The predicted octanol–water partition coefficient (Wildman–Crippen LogP) is 3.75. The van der Waals surface area contributed by atoms with Gasteiger partial charge in [-0.05, 0) is 36.8 Å². The molecular formula is C13H12Cl2N2O2S. The van der Waals surface area contributed by atoms with Gasteiger partial charge in [0.15, 0.2) is 0 Å². The number of aromatic nitrogens is 1. The molecule has 7 heteroatoms. The molecule has 0 unspecified atom stereocenters. The molecule has 2 rings (SSSR count). The van der Waals surface area contributed by atoms with Gasteiger partial charge in [-0.1, -0.05) is 36.2 Å². The van der Waals surface area contributed by atoms with Crippen LogP contribution in [0.15, 0.2) is 41.3 Å². The summed E-state index contributed by atoms with van der Waals surface area (Å²) in [6.45, 7) is 1.94. The number of rotatable bonds is 4. The zero-order valence-electron chi connectivity index (χ0n) is 10.6. The van der Waals surface area contributed by atoms with Crippen LogP contribution in [-0.4, -0.2) is 13.4 Å². The fraction of sp³-hybridized carbons (Fsp3) is 0.154. The first-order valence-corrected chi connectivity index (χ1v) is 8.09. The molecule has 0 fully saturated rings. The first kappa shape index (κ1) is 15.1. The number of aryl methyl sites for hydroxylation is 1. The third-order valence-electron chi connectivity index (χ3n) is 2.55. The molecule has 0 bridgehead atoms. The van der Waals surface area contributed by atoms with E-state index in [-0.39, 0.29) is 20.8 Å². The van der Waals surface area contributed by atoms with Crippen molar-refractivity contribution in [1.82, 2.24) is 4.98 Å². The summed E-state index contributed by atoms with van der Waals surface area (Å²) < 4.78 is 26.9. The van der Waals surface area contributed by atoms with Crippen molar-refractivity contribution >= 4 is 39.0 Å². The zero-order chi connectivity index (χ0) is 14.8. The first-order chi connectivity index (χ1) is 9.40. The number of anilines is 1. The van der Waals surface area contributed by atoms with Crippen LogP contribution in [0.1, 0.15) is 12.6 Å². The first-order valence-electron chi connectivity index (χ1n) is 5.85. The van der Waals surface area contributed by atoms with E-state index in [1.807, 2.05) is 13.0 Å². The van der Waals surface area contributed by atoms with E-state index in [4.69, 9.17) is 23.2 Å². The van der Waals surface area contributed by atoms with Crippen molar-refractivity contribution < 1.29 is 8.42 Å². The molecular weight excluding hydrogens is 319 g/mol. The molecule has 1 N–H and O–H groups in total. The molecule has 1 aromatic heterocycles. The van der Waals surface area contributed by atoms with Crippen molar-refractivity contribution in [3.8, 4) is 0 Å². The van der Waals surface area contributed by atoms with E-state index in [1.165, 1.54) is 18.2 Å². The molecule has 0 saturated carbocycles. The van der Waals surface area contributed by atoms with Gasteiger partial charge in [0.2, 0.25) is 0 Å². The Morgan fingerprint density at radius 3 is 2.40 bits per heavy atom. The highest BCUT2D eigenvalue weighted by atomic mass is 35.5. The molecule has 0 aliphatic rings. The summed E-state index contributed by atoms with van der Waals surface area (Å²) in [5.74, 6) is 0.264. The summed E-state index contributed by atoms with van der Waals surface area (Å²) in [6.07, 6.45) is 0.721. The largest absolute Gasteiger partial charge is 0.263 e. The number of halogens is 2. The monoisotopic (exact) mass is 330 g/mol. The topological polar surface area (TPSA) is 59.1 Å². The van der Waals surface area contributed by atoms with Crippen molar-refractivity contribution in [2.75, 3.05) is 4.72 Å². The number of sulfonamides is 1. The minimum Gasteiger partial charge on any atom is -0.263 e. The maximum Gasteiger partial charge on any atom is 0.263 e. The van der Waals surface area contributed by atoms with E-state index in [0.29, 0.717) is 0 Å². The van der Waals surface area contributed by atoms with E-state index >= 15 is 0 Å². The number of benzene rings is 1. The second-order valence-electron chi connectivity index (χ2n) is 4.08. The minimum atomic E-state index is -3.76. The Morgan fingerprint density at radius 1 is 1.15 bits per heavy atom. The molecule has 0 amide bonds. The lowest BCUT2D eigenvalue weighted by Crippen LogP contribution is -2.14. The predicted molar refractivity (Wildman–Crippen MR) is 80.9 cm³/mol. The quantitative estimate of drug-likeness (QED) is 0.928. The Labute approximate surface area is 127 Å². The Bertz CT molecular complexity index is 713. The lowest BCUT2D eigenvalue weighted by atomic mass is 10.3. The van der Waals surface area contributed by atoms with Gasteiger partial charge < -0.3 is 0 Å². The maximum absolute atomic E-state index is 12.2. The molecule has 0 radical (unpaired) electrons. The van der Waals surface area contributed by atoms with Crippen molar-refractivity contribution in [3.63, 3.8) is 0 Å². The minimum absolute atomic E-state index is 0.00120. The zero-order valence-corrected chi connectivity index (χ0v) is 12.9. The molecule has 4 nitrogen and oxygen atoms in total. The highest BCUT2D eigenvalue weighted by Crippen LogP contribution is 2.23. The van der Waals surface area contributed by atoms with Gasteiger partial charge in [0.1, 0.15) is 5.82 Å². The van der Waals surface area contributed by atoms with Crippen LogP contribution >= 0.6 is 23.2 Å². The molecule has 20 heavy (non-hydrogen) atoms. The Kier molecular flexibility index (Phi) is 4.52. The number of nitrogens with zero attached hydrogens (tertiary/aromatic N) is 1. The molecule has 0 aliphatic heterocycles. The van der Waals surface area contributed by atoms with Crippen molar-refractivity contribution in [3.05, 3.63) is 52.1 Å². The lowest BCUT2D eigenvalue weighted by Gasteiger charge is -2.09. The Morgan fingerprint density at radius 2 is 1.80 bits per heavy atom. The fourth-order valence-electron chi connectivity index (χ4n) is 1.61. The van der Waals surface area contributed by atoms with E-state index in [2.05, 4.69) is 9.71 Å². The van der Waals surface area contributed by atoms with Crippen LogP contribution in [0.5, 0.6) is 0 Å². The highest BCUT2D eigenvalue weighted by Gasteiger charge is 2.16. The van der Waals surface area contributed by atoms with E-state index < -0.39 is 10.0 Å². The molecule has 1 heterocycles. The second-order valence-corrected chi connectivity index (χ2v) is 6.63. The molecule has 2 aromatic rings. The van der Waals surface area contributed by atoms with Crippen LogP contribution in [-0.2, 0) is 16.4 Å². The normalized spacial score (nSPS) is 11.3. The summed E-state index contributed by atoms with van der Waals surface area (Å²) in [6, 6.07) is 9.29. The smallest absolute Gasteiger partial charge is 0.263 e. The number of hydrogen-bond acceptors (Lipinski definition) is 3. The third kappa shape index (κ3) is 3.62. The van der Waals surface area contributed by atoms with Gasteiger partial charge in [-0.3, -0.25) is 4.72 Å². The number of nitrogens with one attached hydrogen (secondary N) is 1. The lowest BCUT2D eigenvalue weighted by molar-refractivity contribution is 0.601. The molecule has 0 saturated heterocycles. The number of pyridine rings is 1. The van der Waals surface area contributed by atoms with Gasteiger partial charge >= 0.3 is 0 Å². The van der Waals surface area contributed by atoms with E-state index in [0.717, 1.165) is 12.1 Å². The van der Waals surface area contributed by atoms with E-state index in [9.17, 15) is 8.42 Å². The van der Waals surface area contributed by atoms with Gasteiger partial charge in [0.25, 0.3) is 10.0 Å². The summed E-state index contributed by atoms with van der Waals surface area (Å²) in [5.41, 5.74) is 0.800. The van der Waals surface area contributed by atoms with E-state index in [1.54, 1.807) is 12.1 Å². The SMILES string of the molecule is CCc1cccc(NS(=O)(=O)c2cc(Cl)cc(Cl)c2)n1. The second kappa shape index (κ2) is 5.99. The van der Waals surface area contributed by atoms with Crippen LogP contribution in [0.3, 0.4) is 0 Å². The van der Waals surface area contributed by atoms with Crippen LogP contribution in [0.2, 0.25) is 10.0 Å². The standard InChI is InChI=1S/C13H12Cl2N2O2S/c1-2-11-4-3-5-13(16-11)17-20(18,19)12-7-9(14)6-10(15)8-12/h3-8H,2H2,1H3,(H,16,17). The van der Waals surface area contributed by atoms with Gasteiger partial charge in [0, 0.05) is 15.7 Å². The van der Waals surface area contributed by atoms with Crippen LogP contribution in [0.4, 0.5) is 5.82 Å². The van der Waals surface area contributed by atoms with Gasteiger partial charge in [0.05, 0.1) is 4.90 Å². The maximum atomic E-state index is 12.2. The summed E-state index contributed by atoms with van der Waals surface area (Å²) in [7, 11) is -3.76. The molecule has 0 aliphatic carbocycles. The molecule has 106 valence electrons. The molecule has 1 aromatic carbocycles. The van der Waals surface area contributed by atoms with Gasteiger partial charge in [-0.15, -0.1) is 0 Å². The molecule has 0 spiro atoms. The van der Waals surface area contributed by atoms with Crippen LogP contribution in [0.25, 0.3) is 0 Å². The summed E-state index contributed by atoms with van der Waals surface area (Å²) >= 11 is 11.6. The van der Waals surface area contributed by atoms with Crippen LogP contribution < -0.4 is 4.72 Å². The third-order valence-corrected chi connectivity index (χ3v) is 4.32. The average molecular weight is 331 g/mol. The van der Waals surface area contributed by atoms with Gasteiger partial charge in [-0.25, -0.2) is 13.4 Å². The average Bonchev–Trinajstić information content (AvgIpc) is 2.37. The van der Waals surface area contributed by atoms with Crippen LogP contribution in [0, 0.1) is 0 Å². The summed E-state index contributed by atoms with van der Waals surface area (Å²) in [5, 5.41) is 0.515. The van der Waals surface area contributed by atoms with Crippen molar-refractivity contribution in [1.29, 1.82) is 0 Å². The van der Waals surface area contributed by atoms with Crippen molar-refractivity contribution in [2.45, 2.75) is 18.2 Å². The number of hydrogen-bond donors (Lipinski definition) is 1. The Hall–Kier alpha value is -1.30. The molecule has 0 atom stereocenters. The van der Waals surface area contributed by atoms with Crippen molar-refractivity contribution in [2.24, 2.45) is 0 Å². The highest BCUT2D eigenvalue weighted by molar-refractivity contribution is 7.92. The van der Waals surface area contributed by atoms with Gasteiger partial charge in [-0.2, -0.15) is 0 Å². The Balaban J connectivity index is 2.35. The fourth-order valence-corrected chi connectivity index (χ4v) is 3.34. The summed E-state index contributed by atoms with van der Waals surface area (Å²) in [4.78, 5) is 4.19.